The second-order valence-electron chi connectivity index (χ2n) is 4.95. The molecular weight excluding hydrogens is 284 g/mol. The van der Waals surface area contributed by atoms with Crippen molar-refractivity contribution in [3.05, 3.63) is 17.0 Å². The van der Waals surface area contributed by atoms with E-state index in [1.165, 1.54) is 13.8 Å². The molecule has 4 N–H and O–H groups in total. The molecule has 0 aromatic carbocycles. The number of aryl methyl sites for hydroxylation is 1. The number of aromatic amines is 1. The lowest BCUT2D eigenvalue weighted by Gasteiger charge is -2.19. The molecule has 1 heterocycles. The van der Waals surface area contributed by atoms with Gasteiger partial charge in [0.25, 0.3) is 0 Å². The van der Waals surface area contributed by atoms with Gasteiger partial charge >= 0.3 is 5.97 Å². The van der Waals surface area contributed by atoms with Gasteiger partial charge in [-0.15, -0.1) is 0 Å². The van der Waals surface area contributed by atoms with Gasteiger partial charge in [0.15, 0.2) is 0 Å². The SMILES string of the molecule is Cc1[nH]c(C(=O)O)c(C)c1S(=O)(=O)NC(C)C(C)CO. The third-order valence-corrected chi connectivity index (χ3v) is 5.17. The van der Waals surface area contributed by atoms with Crippen molar-refractivity contribution in [2.45, 2.75) is 38.6 Å². The lowest BCUT2D eigenvalue weighted by atomic mass is 10.1. The first-order valence-electron chi connectivity index (χ1n) is 6.17. The van der Waals surface area contributed by atoms with Gasteiger partial charge in [0.2, 0.25) is 10.0 Å². The van der Waals surface area contributed by atoms with Crippen molar-refractivity contribution in [1.82, 2.24) is 9.71 Å². The fourth-order valence-electron chi connectivity index (χ4n) is 1.93. The van der Waals surface area contributed by atoms with Crippen LogP contribution < -0.4 is 4.72 Å². The van der Waals surface area contributed by atoms with E-state index in [2.05, 4.69) is 9.71 Å². The summed E-state index contributed by atoms with van der Waals surface area (Å²) in [5, 5.41) is 18.0. The zero-order valence-corrected chi connectivity index (χ0v) is 12.7. The summed E-state index contributed by atoms with van der Waals surface area (Å²) in [6.45, 7) is 6.17. The lowest BCUT2D eigenvalue weighted by Crippen LogP contribution is -2.38. The molecule has 1 aromatic heterocycles. The molecule has 8 heteroatoms. The second kappa shape index (κ2) is 5.94. The minimum absolute atomic E-state index is 0.0492. The number of carboxylic acid groups (broad SMARTS) is 1. The third kappa shape index (κ3) is 3.20. The van der Waals surface area contributed by atoms with Gasteiger partial charge in [-0.25, -0.2) is 17.9 Å². The minimum Gasteiger partial charge on any atom is -0.477 e. The van der Waals surface area contributed by atoms with Gasteiger partial charge in [0.05, 0.1) is 0 Å². The predicted molar refractivity (Wildman–Crippen MR) is 73.3 cm³/mol. The number of carboxylic acids is 1. The van der Waals surface area contributed by atoms with E-state index in [0.717, 1.165) is 0 Å². The summed E-state index contributed by atoms with van der Waals surface area (Å²) in [5.41, 5.74) is 0.313. The maximum atomic E-state index is 12.3. The Labute approximate surface area is 118 Å². The summed E-state index contributed by atoms with van der Waals surface area (Å²) >= 11 is 0. The highest BCUT2D eigenvalue weighted by Gasteiger charge is 2.28. The molecule has 0 radical (unpaired) electrons. The number of rotatable bonds is 6. The number of nitrogens with one attached hydrogen (secondary N) is 2. The summed E-state index contributed by atoms with van der Waals surface area (Å²) in [6.07, 6.45) is 0. The molecule has 0 spiro atoms. The molecule has 0 fully saturated rings. The van der Waals surface area contributed by atoms with Crippen LogP contribution in [0.15, 0.2) is 4.90 Å². The van der Waals surface area contributed by atoms with E-state index in [9.17, 15) is 13.2 Å². The largest absolute Gasteiger partial charge is 0.477 e. The van der Waals surface area contributed by atoms with Crippen LogP contribution in [0.25, 0.3) is 0 Å². The number of H-pyrrole nitrogens is 1. The number of sulfonamides is 1. The summed E-state index contributed by atoms with van der Waals surface area (Å²) in [5.74, 6) is -1.45. The van der Waals surface area contributed by atoms with Crippen LogP contribution in [-0.2, 0) is 10.0 Å². The van der Waals surface area contributed by atoms with E-state index in [-0.39, 0.29) is 34.4 Å². The lowest BCUT2D eigenvalue weighted by molar-refractivity contribution is 0.0690. The van der Waals surface area contributed by atoms with E-state index in [4.69, 9.17) is 10.2 Å². The molecule has 0 aliphatic rings. The number of aromatic carboxylic acids is 1. The molecule has 0 saturated carbocycles. The van der Waals surface area contributed by atoms with Crippen molar-refractivity contribution in [3.63, 3.8) is 0 Å². The first-order chi connectivity index (χ1) is 9.11. The highest BCUT2D eigenvalue weighted by Crippen LogP contribution is 2.23. The Bertz CT molecular complexity index is 606. The third-order valence-electron chi connectivity index (χ3n) is 3.33. The highest BCUT2D eigenvalue weighted by atomic mass is 32.2. The van der Waals surface area contributed by atoms with Gasteiger partial charge in [-0.05, 0) is 26.7 Å². The molecule has 114 valence electrons. The van der Waals surface area contributed by atoms with Crippen LogP contribution in [0.2, 0.25) is 0 Å². The van der Waals surface area contributed by atoms with Crippen LogP contribution >= 0.6 is 0 Å². The van der Waals surface area contributed by atoms with Crippen molar-refractivity contribution >= 4 is 16.0 Å². The van der Waals surface area contributed by atoms with E-state index in [0.29, 0.717) is 0 Å². The van der Waals surface area contributed by atoms with Gasteiger partial charge in [-0.1, -0.05) is 6.92 Å². The molecule has 2 atom stereocenters. The Morgan fingerprint density at radius 2 is 1.90 bits per heavy atom. The van der Waals surface area contributed by atoms with Crippen molar-refractivity contribution in [3.8, 4) is 0 Å². The predicted octanol–water partition coefficient (Wildman–Crippen LogP) is 0.625. The number of aliphatic hydroxyl groups excluding tert-OH is 1. The van der Waals surface area contributed by atoms with Crippen molar-refractivity contribution < 1.29 is 23.4 Å². The van der Waals surface area contributed by atoms with E-state index in [1.54, 1.807) is 13.8 Å². The smallest absolute Gasteiger partial charge is 0.352 e. The average molecular weight is 304 g/mol. The summed E-state index contributed by atoms with van der Waals surface area (Å²) in [7, 11) is -3.84. The highest BCUT2D eigenvalue weighted by molar-refractivity contribution is 7.89. The maximum Gasteiger partial charge on any atom is 0.352 e. The monoisotopic (exact) mass is 304 g/mol. The zero-order valence-electron chi connectivity index (χ0n) is 11.9. The Hall–Kier alpha value is -1.38. The van der Waals surface area contributed by atoms with Gasteiger partial charge in [-0.2, -0.15) is 0 Å². The number of aromatic nitrogens is 1. The number of aliphatic hydroxyl groups is 1. The van der Waals surface area contributed by atoms with Crippen LogP contribution in [0.3, 0.4) is 0 Å². The Kier molecular flexibility index (Phi) is 4.95. The van der Waals surface area contributed by atoms with Crippen LogP contribution in [0.1, 0.15) is 35.6 Å². The number of carbonyl (C=O) groups is 1. The van der Waals surface area contributed by atoms with Gasteiger partial charge in [0.1, 0.15) is 10.6 Å². The summed E-state index contributed by atoms with van der Waals surface area (Å²) in [4.78, 5) is 13.5. The first kappa shape index (κ1) is 16.7. The van der Waals surface area contributed by atoms with E-state index >= 15 is 0 Å². The normalized spacial score (nSPS) is 15.1. The van der Waals surface area contributed by atoms with Gasteiger partial charge < -0.3 is 15.2 Å². The number of hydrogen-bond donors (Lipinski definition) is 4. The Morgan fingerprint density at radius 3 is 2.30 bits per heavy atom. The molecule has 20 heavy (non-hydrogen) atoms. The summed E-state index contributed by atoms with van der Waals surface area (Å²) < 4.78 is 27.1. The minimum atomic E-state index is -3.84. The van der Waals surface area contributed by atoms with E-state index < -0.39 is 22.0 Å². The fraction of sp³-hybridized carbons (Fsp3) is 0.583. The fourth-order valence-corrected chi connectivity index (χ4v) is 3.73. The van der Waals surface area contributed by atoms with Crippen LogP contribution in [0.4, 0.5) is 0 Å². The topological polar surface area (TPSA) is 119 Å². The molecule has 0 amide bonds. The average Bonchev–Trinajstić information content (AvgIpc) is 2.63. The van der Waals surface area contributed by atoms with Gasteiger partial charge in [-0.3, -0.25) is 0 Å². The molecule has 2 unspecified atom stereocenters. The van der Waals surface area contributed by atoms with E-state index in [1.807, 2.05) is 0 Å². The Morgan fingerprint density at radius 1 is 1.35 bits per heavy atom. The molecule has 1 rings (SSSR count). The van der Waals surface area contributed by atoms with Crippen molar-refractivity contribution in [2.24, 2.45) is 5.92 Å². The van der Waals surface area contributed by atoms with Crippen molar-refractivity contribution in [1.29, 1.82) is 0 Å². The molecule has 0 aliphatic heterocycles. The molecule has 0 bridgehead atoms. The zero-order chi connectivity index (χ0) is 15.7. The second-order valence-corrected chi connectivity index (χ2v) is 6.60. The number of hydrogen-bond acceptors (Lipinski definition) is 4. The van der Waals surface area contributed by atoms with Crippen LogP contribution in [0, 0.1) is 19.8 Å². The van der Waals surface area contributed by atoms with Crippen molar-refractivity contribution in [2.75, 3.05) is 6.61 Å². The maximum absolute atomic E-state index is 12.3. The quantitative estimate of drug-likeness (QED) is 0.614. The molecule has 7 nitrogen and oxygen atoms in total. The first-order valence-corrected chi connectivity index (χ1v) is 7.65. The molecule has 1 aromatic rings. The van der Waals surface area contributed by atoms with Crippen LogP contribution in [-0.4, -0.2) is 42.2 Å². The molecular formula is C12H20N2O5S. The standard InChI is InChI=1S/C12H20N2O5S/c1-6(5-15)8(3)14-20(18,19)11-7(2)10(12(16)17)13-9(11)4/h6,8,13-15H,5H2,1-4H3,(H,16,17). The van der Waals surface area contributed by atoms with Crippen LogP contribution in [0.5, 0.6) is 0 Å². The van der Waals surface area contributed by atoms with Gasteiger partial charge in [0, 0.05) is 23.9 Å². The summed E-state index contributed by atoms with van der Waals surface area (Å²) in [6, 6.07) is -0.466. The molecule has 0 aliphatic carbocycles. The Balaban J connectivity index is 3.20. The molecule has 0 saturated heterocycles.